The van der Waals surface area contributed by atoms with Crippen molar-refractivity contribution in [2.24, 2.45) is 0 Å². The molecule has 2 aliphatic heterocycles. The van der Waals surface area contributed by atoms with Crippen LogP contribution >= 0.6 is 0 Å². The summed E-state index contributed by atoms with van der Waals surface area (Å²) in [4.78, 5) is 11.1. The lowest BCUT2D eigenvalue weighted by Gasteiger charge is -2.35. The van der Waals surface area contributed by atoms with Gasteiger partial charge in [-0.25, -0.2) is 9.37 Å². The van der Waals surface area contributed by atoms with Crippen molar-refractivity contribution in [1.29, 1.82) is 0 Å². The summed E-state index contributed by atoms with van der Waals surface area (Å²) in [6.45, 7) is 2.25. The zero-order chi connectivity index (χ0) is 24.5. The van der Waals surface area contributed by atoms with Crippen LogP contribution < -0.4 is 15.4 Å². The van der Waals surface area contributed by atoms with Crippen LogP contribution in [0.3, 0.4) is 0 Å². The van der Waals surface area contributed by atoms with Crippen LogP contribution in [0.1, 0.15) is 50.3 Å². The van der Waals surface area contributed by atoms with Crippen LogP contribution in [-0.4, -0.2) is 78.6 Å². The summed E-state index contributed by atoms with van der Waals surface area (Å²) in [5.41, 5.74) is 1.32. The molecular weight excluding hydrogens is 465 g/mol. The average molecular weight is 496 g/mol. The molecule has 11 nitrogen and oxygen atoms in total. The smallest absolute Gasteiger partial charge is 0.229 e. The van der Waals surface area contributed by atoms with Gasteiger partial charge < -0.3 is 25.4 Å². The van der Waals surface area contributed by atoms with Gasteiger partial charge in [0.1, 0.15) is 18.0 Å². The highest BCUT2D eigenvalue weighted by Gasteiger charge is 2.32. The molecule has 3 aromatic rings. The second-order valence-electron chi connectivity index (χ2n) is 9.69. The first kappa shape index (κ1) is 23.0. The highest BCUT2D eigenvalue weighted by molar-refractivity contribution is 5.63. The van der Waals surface area contributed by atoms with Gasteiger partial charge in [-0.3, -0.25) is 0 Å². The van der Waals surface area contributed by atoms with Crippen LogP contribution in [0.15, 0.2) is 24.4 Å². The molecule has 3 fully saturated rings. The number of aliphatic hydroxyl groups excluding tert-OH is 1. The normalized spacial score (nSPS) is 21.8. The molecule has 190 valence electrons. The first-order valence-electron chi connectivity index (χ1n) is 12.6. The quantitative estimate of drug-likeness (QED) is 0.408. The first-order chi connectivity index (χ1) is 17.7. The maximum atomic E-state index is 14.6. The molecule has 0 radical (unpaired) electrons. The van der Waals surface area contributed by atoms with Crippen molar-refractivity contribution in [2.75, 3.05) is 36.9 Å². The predicted octanol–water partition coefficient (Wildman–Crippen LogP) is 2.62. The van der Waals surface area contributed by atoms with Gasteiger partial charge in [0.05, 0.1) is 12.8 Å². The molecule has 4 heterocycles. The molecule has 2 aromatic heterocycles. The average Bonchev–Trinajstić information content (AvgIpc) is 3.42. The number of rotatable bonds is 9. The Bertz CT molecular complexity index is 1220. The van der Waals surface area contributed by atoms with Crippen LogP contribution in [0.2, 0.25) is 0 Å². The molecule has 0 bridgehead atoms. The summed E-state index contributed by atoms with van der Waals surface area (Å²) in [7, 11) is 0. The van der Waals surface area contributed by atoms with E-state index in [0.717, 1.165) is 38.1 Å². The fraction of sp³-hybridized carbons (Fsp3) is 0.542. The van der Waals surface area contributed by atoms with Crippen LogP contribution in [0.25, 0.3) is 5.69 Å². The minimum Gasteiger partial charge on any atom is -0.489 e. The van der Waals surface area contributed by atoms with Gasteiger partial charge in [0.25, 0.3) is 0 Å². The molecule has 36 heavy (non-hydrogen) atoms. The molecule has 0 spiro atoms. The minimum absolute atomic E-state index is 0.108. The largest absolute Gasteiger partial charge is 0.489 e. The Balaban J connectivity index is 1.22. The molecule has 3 N–H and O–H groups in total. The van der Waals surface area contributed by atoms with Crippen molar-refractivity contribution in [1.82, 2.24) is 35.1 Å². The third-order valence-corrected chi connectivity index (χ3v) is 7.13. The maximum absolute atomic E-state index is 14.6. The molecule has 12 heteroatoms. The molecule has 2 atom stereocenters. The molecule has 3 aliphatic rings. The lowest BCUT2D eigenvalue weighted by atomic mass is 9.97. The van der Waals surface area contributed by atoms with E-state index in [9.17, 15) is 9.50 Å². The molecule has 1 aromatic carbocycles. The maximum Gasteiger partial charge on any atom is 0.229 e. The molecule has 1 aliphatic carbocycles. The van der Waals surface area contributed by atoms with Crippen LogP contribution in [0.4, 0.5) is 21.8 Å². The molecule has 0 unspecified atom stereocenters. The van der Waals surface area contributed by atoms with Crippen molar-refractivity contribution < 1.29 is 14.2 Å². The number of piperidine rings is 1. The van der Waals surface area contributed by atoms with Gasteiger partial charge in [0, 0.05) is 30.2 Å². The van der Waals surface area contributed by atoms with Crippen molar-refractivity contribution >= 4 is 17.5 Å². The van der Waals surface area contributed by atoms with Crippen LogP contribution in [0.5, 0.6) is 5.75 Å². The summed E-state index contributed by atoms with van der Waals surface area (Å²) in [6.07, 6.45) is 7.70. The van der Waals surface area contributed by atoms with E-state index in [1.165, 1.54) is 25.6 Å². The number of nitrogens with zero attached hydrogens (tertiary/aromatic N) is 7. The number of hydrogen-bond donors (Lipinski definition) is 3. The molecule has 1 saturated carbocycles. The van der Waals surface area contributed by atoms with Gasteiger partial charge in [0.2, 0.25) is 5.95 Å². The van der Waals surface area contributed by atoms with Gasteiger partial charge >= 0.3 is 0 Å². The Morgan fingerprint density at radius 3 is 2.94 bits per heavy atom. The van der Waals surface area contributed by atoms with Crippen molar-refractivity contribution in [3.8, 4) is 11.4 Å². The molecule has 0 amide bonds. The number of anilines is 3. The fourth-order valence-electron chi connectivity index (χ4n) is 5.21. The van der Waals surface area contributed by atoms with E-state index in [2.05, 4.69) is 41.0 Å². The van der Waals surface area contributed by atoms with Gasteiger partial charge in [-0.1, -0.05) is 0 Å². The highest BCUT2D eigenvalue weighted by atomic mass is 19.1. The minimum atomic E-state index is -0.467. The van der Waals surface area contributed by atoms with E-state index in [1.807, 2.05) is 12.1 Å². The lowest BCUT2D eigenvalue weighted by molar-refractivity contribution is 0.188. The Kier molecular flexibility index (Phi) is 6.36. The number of tetrazole rings is 1. The second kappa shape index (κ2) is 9.94. The summed E-state index contributed by atoms with van der Waals surface area (Å²) in [6, 6.07) is 6.20. The van der Waals surface area contributed by atoms with Gasteiger partial charge in [-0.2, -0.15) is 9.67 Å². The van der Waals surface area contributed by atoms with Crippen LogP contribution in [-0.2, 0) is 0 Å². The SMILES string of the molecule is OCCOc1ccc(Nc2ncc(F)c(N[C@H]3CCN4CCC[C@H]4C3)n2)cc1-n1nnnc1C1CC1. The summed E-state index contributed by atoms with van der Waals surface area (Å²) in [5.74, 6) is 1.68. The number of benzene rings is 1. The van der Waals surface area contributed by atoms with Gasteiger partial charge in [0.15, 0.2) is 17.5 Å². The fourth-order valence-corrected chi connectivity index (χ4v) is 5.21. The van der Waals surface area contributed by atoms with E-state index < -0.39 is 5.82 Å². The monoisotopic (exact) mass is 495 g/mol. The Morgan fingerprint density at radius 2 is 2.08 bits per heavy atom. The van der Waals surface area contributed by atoms with Crippen molar-refractivity contribution in [2.45, 2.75) is 56.5 Å². The second-order valence-corrected chi connectivity index (χ2v) is 9.69. The highest BCUT2D eigenvalue weighted by Crippen LogP contribution is 2.40. The number of aliphatic hydroxyl groups is 1. The number of hydrogen-bond acceptors (Lipinski definition) is 10. The molecule has 2 saturated heterocycles. The van der Waals surface area contributed by atoms with Crippen molar-refractivity contribution in [3.05, 3.63) is 36.0 Å². The standard InChI is InChI=1S/C24H30FN9O2/c25-19-14-26-24(29-22(19)27-17-7-9-33-8-1-2-18(33)12-17)28-16-5-6-21(36-11-10-35)20(13-16)34-23(15-3-4-15)30-31-32-34/h5-6,13-15,17-18,35H,1-4,7-12H2,(H2,26,27,28,29)/t17-,18-/m0/s1. The van der Waals surface area contributed by atoms with E-state index in [1.54, 1.807) is 10.7 Å². The van der Waals surface area contributed by atoms with Crippen molar-refractivity contribution in [3.63, 3.8) is 0 Å². The first-order valence-corrected chi connectivity index (χ1v) is 12.6. The number of fused-ring (bicyclic) bond motifs is 1. The summed E-state index contributed by atoms with van der Waals surface area (Å²) < 4.78 is 22.0. The number of halogens is 1. The topological polar surface area (TPSA) is 126 Å². The third-order valence-electron chi connectivity index (χ3n) is 7.13. The van der Waals surface area contributed by atoms with Gasteiger partial charge in [-0.15, -0.1) is 5.10 Å². The Morgan fingerprint density at radius 1 is 1.17 bits per heavy atom. The summed E-state index contributed by atoms with van der Waals surface area (Å²) >= 11 is 0. The Labute approximate surface area is 208 Å². The zero-order valence-electron chi connectivity index (χ0n) is 20.0. The lowest BCUT2D eigenvalue weighted by Crippen LogP contribution is -2.43. The van der Waals surface area contributed by atoms with E-state index in [0.29, 0.717) is 29.1 Å². The molecule has 6 rings (SSSR count). The van der Waals surface area contributed by atoms with E-state index in [-0.39, 0.29) is 31.0 Å². The number of nitrogens with one attached hydrogen (secondary N) is 2. The van der Waals surface area contributed by atoms with Gasteiger partial charge in [-0.05, 0) is 73.7 Å². The van der Waals surface area contributed by atoms with Crippen LogP contribution in [0, 0.1) is 5.82 Å². The Hall–Kier alpha value is -3.38. The van der Waals surface area contributed by atoms with E-state index in [4.69, 9.17) is 4.74 Å². The third kappa shape index (κ3) is 4.82. The zero-order valence-corrected chi connectivity index (χ0v) is 20.0. The van der Waals surface area contributed by atoms with E-state index >= 15 is 0 Å². The number of aromatic nitrogens is 6. The summed E-state index contributed by atoms with van der Waals surface area (Å²) in [5, 5.41) is 27.9. The number of ether oxygens (including phenoxy) is 1. The molecular formula is C24H30FN9O2. The predicted molar refractivity (Wildman–Crippen MR) is 130 cm³/mol.